The summed E-state index contributed by atoms with van der Waals surface area (Å²) in [5.41, 5.74) is 2.51. The van der Waals surface area contributed by atoms with Crippen molar-refractivity contribution in [2.75, 3.05) is 9.80 Å². The second-order valence-electron chi connectivity index (χ2n) is 6.77. The number of carbonyl (C=O) groups excluding carboxylic acids is 2. The highest BCUT2D eigenvalue weighted by Gasteiger charge is 2.39. The first-order valence-electron chi connectivity index (χ1n) is 9.36. The molecule has 0 radical (unpaired) electrons. The van der Waals surface area contributed by atoms with Crippen LogP contribution in [0.25, 0.3) is 0 Å². The maximum absolute atomic E-state index is 13.6. The maximum Gasteiger partial charge on any atom is 0.250 e. The van der Waals surface area contributed by atoms with Crippen molar-refractivity contribution < 1.29 is 9.59 Å². The Bertz CT molecular complexity index is 945. The summed E-state index contributed by atoms with van der Waals surface area (Å²) >= 11 is 0. The average Bonchev–Trinajstić information content (AvgIpc) is 3.15. The molecule has 0 spiro atoms. The number of carbonyl (C=O) groups is 2. The van der Waals surface area contributed by atoms with Gasteiger partial charge in [-0.25, -0.2) is 0 Å². The Morgan fingerprint density at radius 1 is 1.00 bits per heavy atom. The number of rotatable bonds is 5. The number of hydrogen-bond donors (Lipinski definition) is 0. The van der Waals surface area contributed by atoms with Crippen molar-refractivity contribution in [1.82, 2.24) is 4.98 Å². The molecule has 1 aromatic heterocycles. The van der Waals surface area contributed by atoms with Gasteiger partial charge in [-0.3, -0.25) is 19.5 Å². The fourth-order valence-electron chi connectivity index (χ4n) is 3.59. The van der Waals surface area contributed by atoms with Crippen LogP contribution in [0.4, 0.5) is 11.4 Å². The molecule has 2 heterocycles. The van der Waals surface area contributed by atoms with Crippen LogP contribution in [0.3, 0.4) is 0 Å². The van der Waals surface area contributed by atoms with Crippen LogP contribution in [0, 0.1) is 0 Å². The standard InChI is InChI=1S/C23H21N3O2/c27-22-14-13-21(26(22)20-11-5-2-6-12-20)23(28)25(19-9-3-1-4-10-19)17-18-8-7-15-24-16-18/h1-12,15-16,21H,13-14,17H2. The molecule has 0 saturated carbocycles. The van der Waals surface area contributed by atoms with Crippen molar-refractivity contribution in [2.45, 2.75) is 25.4 Å². The molecule has 1 saturated heterocycles. The van der Waals surface area contributed by atoms with Crippen molar-refractivity contribution in [3.8, 4) is 0 Å². The summed E-state index contributed by atoms with van der Waals surface area (Å²) in [5, 5.41) is 0. The van der Waals surface area contributed by atoms with Gasteiger partial charge in [-0.05, 0) is 42.3 Å². The first-order chi connectivity index (χ1) is 13.7. The summed E-state index contributed by atoms with van der Waals surface area (Å²) < 4.78 is 0. The number of benzene rings is 2. The minimum absolute atomic E-state index is 0.0149. The molecule has 1 unspecified atom stereocenters. The summed E-state index contributed by atoms with van der Waals surface area (Å²) in [6.07, 6.45) is 4.37. The van der Waals surface area contributed by atoms with Crippen LogP contribution in [-0.4, -0.2) is 22.8 Å². The molecule has 1 fully saturated rings. The van der Waals surface area contributed by atoms with Crippen molar-refractivity contribution in [3.05, 3.63) is 90.8 Å². The summed E-state index contributed by atoms with van der Waals surface area (Å²) in [4.78, 5) is 33.7. The zero-order chi connectivity index (χ0) is 19.3. The third-order valence-electron chi connectivity index (χ3n) is 4.93. The first kappa shape index (κ1) is 17.9. The minimum Gasteiger partial charge on any atom is -0.306 e. The van der Waals surface area contributed by atoms with Gasteiger partial charge < -0.3 is 4.90 Å². The molecule has 1 atom stereocenters. The van der Waals surface area contributed by atoms with Gasteiger partial charge in [-0.1, -0.05) is 42.5 Å². The lowest BCUT2D eigenvalue weighted by Gasteiger charge is -2.30. The lowest BCUT2D eigenvalue weighted by molar-refractivity contribution is -0.122. The number of aromatic nitrogens is 1. The fraction of sp³-hybridized carbons (Fsp3) is 0.174. The second-order valence-corrected chi connectivity index (χ2v) is 6.77. The van der Waals surface area contributed by atoms with Crippen molar-refractivity contribution in [1.29, 1.82) is 0 Å². The summed E-state index contributed by atoms with van der Waals surface area (Å²) in [6, 6.07) is 22.3. The number of nitrogens with zero attached hydrogens (tertiary/aromatic N) is 3. The molecule has 0 bridgehead atoms. The van der Waals surface area contributed by atoms with Crippen LogP contribution in [-0.2, 0) is 16.1 Å². The van der Waals surface area contributed by atoms with Crippen LogP contribution < -0.4 is 9.80 Å². The van der Waals surface area contributed by atoms with E-state index in [4.69, 9.17) is 0 Å². The molecular formula is C23H21N3O2. The molecule has 2 amide bonds. The molecule has 140 valence electrons. The average molecular weight is 371 g/mol. The van der Waals surface area contributed by atoms with E-state index in [1.54, 1.807) is 22.2 Å². The van der Waals surface area contributed by atoms with Gasteiger partial charge in [-0.2, -0.15) is 0 Å². The predicted octanol–water partition coefficient (Wildman–Crippen LogP) is 3.81. The van der Waals surface area contributed by atoms with E-state index in [9.17, 15) is 9.59 Å². The van der Waals surface area contributed by atoms with Gasteiger partial charge >= 0.3 is 0 Å². The maximum atomic E-state index is 13.6. The topological polar surface area (TPSA) is 53.5 Å². The largest absolute Gasteiger partial charge is 0.306 e. The first-order valence-corrected chi connectivity index (χ1v) is 9.36. The molecule has 0 N–H and O–H groups in total. The van der Waals surface area contributed by atoms with E-state index in [-0.39, 0.29) is 11.8 Å². The highest BCUT2D eigenvalue weighted by Crippen LogP contribution is 2.29. The highest BCUT2D eigenvalue weighted by atomic mass is 16.2. The predicted molar refractivity (Wildman–Crippen MR) is 109 cm³/mol. The Labute approximate surface area is 164 Å². The van der Waals surface area contributed by atoms with Crippen LogP contribution in [0.2, 0.25) is 0 Å². The van der Waals surface area contributed by atoms with E-state index < -0.39 is 6.04 Å². The smallest absolute Gasteiger partial charge is 0.250 e. The zero-order valence-corrected chi connectivity index (χ0v) is 15.4. The molecule has 1 aliphatic heterocycles. The molecule has 5 nitrogen and oxygen atoms in total. The molecule has 1 aliphatic rings. The van der Waals surface area contributed by atoms with Crippen LogP contribution >= 0.6 is 0 Å². The SMILES string of the molecule is O=C(C1CCC(=O)N1c1ccccc1)N(Cc1cccnc1)c1ccccc1. The van der Waals surface area contributed by atoms with Crippen molar-refractivity contribution in [3.63, 3.8) is 0 Å². The molecule has 5 heteroatoms. The monoisotopic (exact) mass is 371 g/mol. The Morgan fingerprint density at radius 2 is 1.71 bits per heavy atom. The van der Waals surface area contributed by atoms with Gasteiger partial charge in [-0.15, -0.1) is 0 Å². The number of anilines is 2. The molecule has 0 aliphatic carbocycles. The molecule has 2 aromatic carbocycles. The van der Waals surface area contributed by atoms with E-state index in [0.717, 1.165) is 16.9 Å². The molecular weight excluding hydrogens is 350 g/mol. The summed E-state index contributed by atoms with van der Waals surface area (Å²) in [6.45, 7) is 0.407. The summed E-state index contributed by atoms with van der Waals surface area (Å²) in [5.74, 6) is -0.0938. The van der Waals surface area contributed by atoms with E-state index in [0.29, 0.717) is 19.4 Å². The van der Waals surface area contributed by atoms with Crippen molar-refractivity contribution in [2.24, 2.45) is 0 Å². The quantitative estimate of drug-likeness (QED) is 0.685. The van der Waals surface area contributed by atoms with Gasteiger partial charge in [0.05, 0.1) is 6.54 Å². The minimum atomic E-state index is -0.508. The van der Waals surface area contributed by atoms with E-state index in [2.05, 4.69) is 4.98 Å². The Kier molecular flexibility index (Phi) is 5.15. The molecule has 3 aromatic rings. The Morgan fingerprint density at radius 3 is 2.39 bits per heavy atom. The molecule has 4 rings (SSSR count). The van der Waals surface area contributed by atoms with E-state index in [1.807, 2.05) is 72.8 Å². The fourth-order valence-corrected chi connectivity index (χ4v) is 3.59. The number of pyridine rings is 1. The van der Waals surface area contributed by atoms with Crippen LogP contribution in [0.5, 0.6) is 0 Å². The number of hydrogen-bond acceptors (Lipinski definition) is 3. The number of amides is 2. The van der Waals surface area contributed by atoms with E-state index in [1.165, 1.54) is 0 Å². The van der Waals surface area contributed by atoms with Crippen LogP contribution in [0.1, 0.15) is 18.4 Å². The third kappa shape index (κ3) is 3.64. The molecule has 28 heavy (non-hydrogen) atoms. The van der Waals surface area contributed by atoms with Crippen molar-refractivity contribution >= 4 is 23.2 Å². The van der Waals surface area contributed by atoms with E-state index >= 15 is 0 Å². The van der Waals surface area contributed by atoms with Gasteiger partial charge in [0.25, 0.3) is 5.91 Å². The summed E-state index contributed by atoms with van der Waals surface area (Å²) in [7, 11) is 0. The lowest BCUT2D eigenvalue weighted by Crippen LogP contribution is -2.47. The lowest BCUT2D eigenvalue weighted by atomic mass is 10.1. The normalized spacial score (nSPS) is 16.2. The van der Waals surface area contributed by atoms with Gasteiger partial charge in [0.1, 0.15) is 6.04 Å². The van der Waals surface area contributed by atoms with Gasteiger partial charge in [0.2, 0.25) is 5.91 Å². The Hall–Kier alpha value is -3.47. The Balaban J connectivity index is 1.67. The third-order valence-corrected chi connectivity index (χ3v) is 4.93. The van der Waals surface area contributed by atoms with Crippen LogP contribution in [0.15, 0.2) is 85.2 Å². The number of para-hydroxylation sites is 2. The second kappa shape index (κ2) is 8.05. The highest BCUT2D eigenvalue weighted by molar-refractivity contribution is 6.08. The zero-order valence-electron chi connectivity index (χ0n) is 15.4. The van der Waals surface area contributed by atoms with Gasteiger partial charge in [0.15, 0.2) is 0 Å². The van der Waals surface area contributed by atoms with Gasteiger partial charge in [0, 0.05) is 30.2 Å².